The van der Waals surface area contributed by atoms with Crippen molar-refractivity contribution in [3.63, 3.8) is 0 Å². The highest BCUT2D eigenvalue weighted by atomic mass is 16.3. The summed E-state index contributed by atoms with van der Waals surface area (Å²) in [6.45, 7) is 0. The molecule has 0 bridgehead atoms. The number of aromatic hydroxyl groups is 1. The molecule has 0 fully saturated rings. The molecule has 3 nitrogen and oxygen atoms in total. The second kappa shape index (κ2) is 5.48. The van der Waals surface area contributed by atoms with E-state index in [1.807, 2.05) is 12.1 Å². The average molecular weight is 292 g/mol. The molecule has 3 heteroatoms. The van der Waals surface area contributed by atoms with Gasteiger partial charge in [0.15, 0.2) is 0 Å². The highest BCUT2D eigenvalue weighted by molar-refractivity contribution is 6.05. The Labute approximate surface area is 130 Å². The van der Waals surface area contributed by atoms with Crippen LogP contribution in [0.2, 0.25) is 0 Å². The molecule has 0 spiro atoms. The molecule has 0 atom stereocenters. The fraction of sp³-hybridized carbons (Fsp3) is 0.316. The number of phenols is 1. The third-order valence-electron chi connectivity index (χ3n) is 4.78. The number of nitrogens with zero attached hydrogens (tertiary/aromatic N) is 1. The van der Waals surface area contributed by atoms with E-state index in [2.05, 4.69) is 28.7 Å². The van der Waals surface area contributed by atoms with E-state index in [9.17, 15) is 5.11 Å². The van der Waals surface area contributed by atoms with Crippen LogP contribution in [-0.4, -0.2) is 10.8 Å². The molecule has 0 aliphatic heterocycles. The molecule has 0 saturated carbocycles. The Kier molecular flexibility index (Phi) is 3.34. The van der Waals surface area contributed by atoms with Gasteiger partial charge in [-0.1, -0.05) is 24.3 Å². The number of rotatable bonds is 2. The number of hydrogen-bond acceptors (Lipinski definition) is 3. The van der Waals surface area contributed by atoms with Crippen molar-refractivity contribution in [1.29, 1.82) is 0 Å². The second-order valence-corrected chi connectivity index (χ2v) is 6.12. The molecule has 22 heavy (non-hydrogen) atoms. The van der Waals surface area contributed by atoms with Gasteiger partial charge in [-0.3, -0.25) is 5.43 Å². The number of hydrazone groups is 1. The fourth-order valence-electron chi connectivity index (χ4n) is 3.62. The lowest BCUT2D eigenvalue weighted by Crippen LogP contribution is -2.07. The summed E-state index contributed by atoms with van der Waals surface area (Å²) in [4.78, 5) is 0. The molecule has 2 aromatic rings. The van der Waals surface area contributed by atoms with Crippen LogP contribution in [0.25, 0.3) is 0 Å². The van der Waals surface area contributed by atoms with Crippen molar-refractivity contribution >= 4 is 11.4 Å². The highest BCUT2D eigenvalue weighted by Crippen LogP contribution is 2.31. The minimum Gasteiger partial charge on any atom is -0.508 e. The van der Waals surface area contributed by atoms with Gasteiger partial charge in [-0.05, 0) is 61.8 Å². The first-order valence-corrected chi connectivity index (χ1v) is 8.07. The van der Waals surface area contributed by atoms with E-state index in [1.54, 1.807) is 6.07 Å². The van der Waals surface area contributed by atoms with Crippen LogP contribution in [0.5, 0.6) is 5.75 Å². The summed E-state index contributed by atoms with van der Waals surface area (Å²) >= 11 is 0. The monoisotopic (exact) mass is 292 g/mol. The first-order valence-electron chi connectivity index (χ1n) is 8.07. The Morgan fingerprint density at radius 3 is 2.68 bits per heavy atom. The van der Waals surface area contributed by atoms with E-state index < -0.39 is 0 Å². The SMILES string of the molecule is Oc1cccc2c1CC/C2=N\Nc1cccc2c1CCCC2. The molecule has 2 N–H and O–H groups in total. The minimum absolute atomic E-state index is 0.389. The predicted molar refractivity (Wildman–Crippen MR) is 89.7 cm³/mol. The van der Waals surface area contributed by atoms with Crippen LogP contribution in [-0.2, 0) is 19.3 Å². The van der Waals surface area contributed by atoms with E-state index in [1.165, 1.54) is 30.4 Å². The van der Waals surface area contributed by atoms with E-state index in [0.717, 1.165) is 41.8 Å². The van der Waals surface area contributed by atoms with Crippen molar-refractivity contribution in [3.8, 4) is 5.75 Å². The highest BCUT2D eigenvalue weighted by Gasteiger charge is 2.20. The number of hydrogen-bond donors (Lipinski definition) is 2. The van der Waals surface area contributed by atoms with Crippen molar-refractivity contribution in [1.82, 2.24) is 0 Å². The lowest BCUT2D eigenvalue weighted by Gasteiger charge is -2.18. The number of benzene rings is 2. The standard InChI is InChI=1S/C19H20N2O/c22-19-10-4-8-15-16(19)11-12-18(15)21-20-17-9-3-6-13-5-1-2-7-14(13)17/h3-4,6,8-10,20,22H,1-2,5,7,11-12H2/b21-18+. The van der Waals surface area contributed by atoms with Crippen LogP contribution in [0.3, 0.4) is 0 Å². The molecule has 2 aliphatic carbocycles. The molecule has 0 aromatic heterocycles. The summed E-state index contributed by atoms with van der Waals surface area (Å²) in [5, 5.41) is 14.6. The summed E-state index contributed by atoms with van der Waals surface area (Å²) in [5.74, 6) is 0.389. The van der Waals surface area contributed by atoms with Gasteiger partial charge in [-0.15, -0.1) is 0 Å². The van der Waals surface area contributed by atoms with Gasteiger partial charge >= 0.3 is 0 Å². The van der Waals surface area contributed by atoms with Crippen LogP contribution < -0.4 is 5.43 Å². The first kappa shape index (κ1) is 13.4. The average Bonchev–Trinajstić information content (AvgIpc) is 2.97. The van der Waals surface area contributed by atoms with Crippen LogP contribution >= 0.6 is 0 Å². The van der Waals surface area contributed by atoms with Crippen molar-refractivity contribution in [2.24, 2.45) is 5.10 Å². The van der Waals surface area contributed by atoms with Crippen molar-refractivity contribution in [2.45, 2.75) is 38.5 Å². The van der Waals surface area contributed by atoms with Crippen LogP contribution in [0, 0.1) is 0 Å². The molecule has 0 saturated heterocycles. The van der Waals surface area contributed by atoms with E-state index >= 15 is 0 Å². The molecular weight excluding hydrogens is 272 g/mol. The fourth-order valence-corrected chi connectivity index (χ4v) is 3.62. The lowest BCUT2D eigenvalue weighted by molar-refractivity contribution is 0.469. The summed E-state index contributed by atoms with van der Waals surface area (Å²) in [5.41, 5.74) is 10.4. The summed E-state index contributed by atoms with van der Waals surface area (Å²) in [6, 6.07) is 12.1. The molecule has 0 amide bonds. The van der Waals surface area contributed by atoms with Crippen molar-refractivity contribution < 1.29 is 5.11 Å². The molecule has 2 aliphatic rings. The largest absolute Gasteiger partial charge is 0.508 e. The maximum Gasteiger partial charge on any atom is 0.119 e. The Morgan fingerprint density at radius 1 is 0.864 bits per heavy atom. The van der Waals surface area contributed by atoms with Crippen molar-refractivity contribution in [2.75, 3.05) is 5.43 Å². The maximum atomic E-state index is 9.92. The molecule has 0 unspecified atom stereocenters. The smallest absolute Gasteiger partial charge is 0.119 e. The topological polar surface area (TPSA) is 44.6 Å². The summed E-state index contributed by atoms with van der Waals surface area (Å²) in [7, 11) is 0. The van der Waals surface area contributed by atoms with Gasteiger partial charge < -0.3 is 5.11 Å². The Balaban J connectivity index is 1.63. The van der Waals surface area contributed by atoms with E-state index in [4.69, 9.17) is 0 Å². The van der Waals surface area contributed by atoms with Gasteiger partial charge in [0.1, 0.15) is 5.75 Å². The normalized spacial score (nSPS) is 18.1. The zero-order valence-corrected chi connectivity index (χ0v) is 12.6. The number of fused-ring (bicyclic) bond motifs is 2. The molecule has 4 rings (SSSR count). The van der Waals surface area contributed by atoms with Gasteiger partial charge in [0.25, 0.3) is 0 Å². The van der Waals surface area contributed by atoms with E-state index in [-0.39, 0.29) is 0 Å². The van der Waals surface area contributed by atoms with Gasteiger partial charge in [-0.2, -0.15) is 5.10 Å². The predicted octanol–water partition coefficient (Wildman–Crippen LogP) is 4.03. The Hall–Kier alpha value is -2.29. The van der Waals surface area contributed by atoms with Crippen LogP contribution in [0.15, 0.2) is 41.5 Å². The molecular formula is C19H20N2O. The Morgan fingerprint density at radius 2 is 1.73 bits per heavy atom. The van der Waals surface area contributed by atoms with Gasteiger partial charge in [0.05, 0.1) is 11.4 Å². The number of phenolic OH excluding ortho intramolecular Hbond substituents is 1. The zero-order chi connectivity index (χ0) is 14.9. The molecule has 0 radical (unpaired) electrons. The number of aryl methyl sites for hydroxylation is 1. The third-order valence-corrected chi connectivity index (χ3v) is 4.78. The molecule has 112 valence electrons. The molecule has 2 aromatic carbocycles. The third kappa shape index (κ3) is 2.27. The molecule has 0 heterocycles. The maximum absolute atomic E-state index is 9.92. The number of nitrogens with one attached hydrogen (secondary N) is 1. The number of anilines is 1. The van der Waals surface area contributed by atoms with Crippen LogP contribution in [0.4, 0.5) is 5.69 Å². The minimum atomic E-state index is 0.389. The van der Waals surface area contributed by atoms with Crippen LogP contribution in [0.1, 0.15) is 41.5 Å². The summed E-state index contributed by atoms with van der Waals surface area (Å²) < 4.78 is 0. The van der Waals surface area contributed by atoms with Crippen molar-refractivity contribution in [3.05, 3.63) is 58.7 Å². The first-order chi connectivity index (χ1) is 10.8. The second-order valence-electron chi connectivity index (χ2n) is 6.12. The van der Waals surface area contributed by atoms with Gasteiger partial charge in [0, 0.05) is 11.1 Å². The Bertz CT molecular complexity index is 749. The lowest BCUT2D eigenvalue weighted by atomic mass is 9.91. The zero-order valence-electron chi connectivity index (χ0n) is 12.6. The van der Waals surface area contributed by atoms with Gasteiger partial charge in [0.2, 0.25) is 0 Å². The van der Waals surface area contributed by atoms with Gasteiger partial charge in [-0.25, -0.2) is 0 Å². The summed E-state index contributed by atoms with van der Waals surface area (Å²) in [6.07, 6.45) is 6.62. The quantitative estimate of drug-likeness (QED) is 0.821. The van der Waals surface area contributed by atoms with E-state index in [0.29, 0.717) is 5.75 Å².